The molecule has 0 aromatic heterocycles. The molecule has 1 saturated carbocycles. The first-order valence-electron chi connectivity index (χ1n) is 7.44. The molecule has 1 N–H and O–H groups in total. The number of hydrogen-bond donors (Lipinski definition) is 1. The predicted molar refractivity (Wildman–Crippen MR) is 85.7 cm³/mol. The van der Waals surface area contributed by atoms with E-state index in [1.807, 2.05) is 6.07 Å². The number of methoxy groups -OCH3 is 1. The molecule has 0 spiro atoms. The van der Waals surface area contributed by atoms with Gasteiger partial charge in [0.1, 0.15) is 5.75 Å². The summed E-state index contributed by atoms with van der Waals surface area (Å²) in [6.07, 6.45) is 2.79. The standard InChI is InChI=1S/C16H19Cl2NO3/c1-22-14-6-12(17)10(5-13(14)18)7-19-8-11-3-2-4-16(11,9-19)15(20)21/h5-6,11H,2-4,7-9H2,1H3,(H,20,21)/t11-,16+/m0/s1. The van der Waals surface area contributed by atoms with Gasteiger partial charge in [0.25, 0.3) is 0 Å². The van der Waals surface area contributed by atoms with E-state index in [1.165, 1.54) is 0 Å². The molecule has 2 aliphatic rings. The second-order valence-corrected chi connectivity index (χ2v) is 7.11. The van der Waals surface area contributed by atoms with Gasteiger partial charge in [0.2, 0.25) is 0 Å². The summed E-state index contributed by atoms with van der Waals surface area (Å²) >= 11 is 12.5. The number of fused-ring (bicyclic) bond motifs is 1. The van der Waals surface area contributed by atoms with E-state index < -0.39 is 11.4 Å². The molecule has 1 saturated heterocycles. The van der Waals surface area contributed by atoms with Crippen LogP contribution in [0, 0.1) is 11.3 Å². The number of nitrogens with zero attached hydrogens (tertiary/aromatic N) is 1. The van der Waals surface area contributed by atoms with Gasteiger partial charge in [-0.3, -0.25) is 9.69 Å². The third kappa shape index (κ3) is 2.57. The first-order chi connectivity index (χ1) is 10.5. The second kappa shape index (κ2) is 5.91. The van der Waals surface area contributed by atoms with Gasteiger partial charge < -0.3 is 9.84 Å². The van der Waals surface area contributed by atoms with Gasteiger partial charge in [-0.05, 0) is 30.4 Å². The summed E-state index contributed by atoms with van der Waals surface area (Å²) in [5.41, 5.74) is 0.343. The van der Waals surface area contributed by atoms with E-state index in [4.69, 9.17) is 27.9 Å². The fourth-order valence-electron chi connectivity index (χ4n) is 3.95. The molecule has 0 bridgehead atoms. The molecule has 2 fully saturated rings. The third-order valence-electron chi connectivity index (χ3n) is 5.08. The summed E-state index contributed by atoms with van der Waals surface area (Å²) in [6.45, 7) is 2.02. The Kier molecular flexibility index (Phi) is 4.27. The molecule has 1 aliphatic heterocycles. The first kappa shape index (κ1) is 15.9. The van der Waals surface area contributed by atoms with Gasteiger partial charge >= 0.3 is 5.97 Å². The SMILES string of the molecule is COc1cc(Cl)c(CN2C[C@@H]3CCC[C@@]3(C(=O)O)C2)cc1Cl. The van der Waals surface area contributed by atoms with Gasteiger partial charge in [-0.15, -0.1) is 0 Å². The van der Waals surface area contributed by atoms with Crippen molar-refractivity contribution in [3.05, 3.63) is 27.7 Å². The summed E-state index contributed by atoms with van der Waals surface area (Å²) in [7, 11) is 1.55. The Bertz CT molecular complexity index is 607. The minimum absolute atomic E-state index is 0.248. The maximum absolute atomic E-state index is 11.7. The monoisotopic (exact) mass is 343 g/mol. The van der Waals surface area contributed by atoms with Crippen molar-refractivity contribution in [2.24, 2.45) is 11.3 Å². The highest BCUT2D eigenvalue weighted by molar-refractivity contribution is 6.34. The van der Waals surface area contributed by atoms with Crippen molar-refractivity contribution in [2.75, 3.05) is 20.2 Å². The highest BCUT2D eigenvalue weighted by Crippen LogP contribution is 2.49. The molecule has 4 nitrogen and oxygen atoms in total. The number of carbonyl (C=O) groups is 1. The quantitative estimate of drug-likeness (QED) is 0.905. The molecular formula is C16H19Cl2NO3. The van der Waals surface area contributed by atoms with Crippen molar-refractivity contribution in [3.63, 3.8) is 0 Å². The zero-order valence-corrected chi connectivity index (χ0v) is 14.0. The van der Waals surface area contributed by atoms with E-state index in [-0.39, 0.29) is 5.92 Å². The number of carboxylic acid groups (broad SMARTS) is 1. The first-order valence-corrected chi connectivity index (χ1v) is 8.19. The topological polar surface area (TPSA) is 49.8 Å². The largest absolute Gasteiger partial charge is 0.495 e. The average molecular weight is 344 g/mol. The summed E-state index contributed by atoms with van der Waals surface area (Å²) in [4.78, 5) is 13.9. The Morgan fingerprint density at radius 3 is 2.86 bits per heavy atom. The second-order valence-electron chi connectivity index (χ2n) is 6.30. The number of aliphatic carboxylic acids is 1. The molecule has 1 aromatic rings. The summed E-state index contributed by atoms with van der Waals surface area (Å²) in [5, 5.41) is 10.8. The van der Waals surface area contributed by atoms with Crippen LogP contribution in [0.25, 0.3) is 0 Å². The van der Waals surface area contributed by atoms with Crippen molar-refractivity contribution in [3.8, 4) is 5.75 Å². The molecule has 2 atom stereocenters. The van der Waals surface area contributed by atoms with E-state index >= 15 is 0 Å². The van der Waals surface area contributed by atoms with E-state index in [9.17, 15) is 9.90 Å². The van der Waals surface area contributed by atoms with Gasteiger partial charge in [0.15, 0.2) is 0 Å². The molecule has 3 rings (SSSR count). The highest BCUT2D eigenvalue weighted by atomic mass is 35.5. The summed E-state index contributed by atoms with van der Waals surface area (Å²) < 4.78 is 5.15. The summed E-state index contributed by atoms with van der Waals surface area (Å²) in [6, 6.07) is 3.52. The Morgan fingerprint density at radius 2 is 2.23 bits per heavy atom. The number of benzene rings is 1. The van der Waals surface area contributed by atoms with Gasteiger partial charge in [0, 0.05) is 30.7 Å². The fourth-order valence-corrected chi connectivity index (χ4v) is 4.43. The number of rotatable bonds is 4. The van der Waals surface area contributed by atoms with E-state index in [0.29, 0.717) is 28.9 Å². The molecule has 1 heterocycles. The smallest absolute Gasteiger partial charge is 0.311 e. The van der Waals surface area contributed by atoms with Crippen molar-refractivity contribution < 1.29 is 14.6 Å². The van der Waals surface area contributed by atoms with E-state index in [0.717, 1.165) is 31.4 Å². The Labute approximate surface area is 140 Å². The van der Waals surface area contributed by atoms with Gasteiger partial charge in [-0.2, -0.15) is 0 Å². The van der Waals surface area contributed by atoms with Crippen LogP contribution in [0.15, 0.2) is 12.1 Å². The molecule has 1 aliphatic carbocycles. The molecule has 0 unspecified atom stereocenters. The fraction of sp³-hybridized carbons (Fsp3) is 0.562. The lowest BCUT2D eigenvalue weighted by atomic mass is 9.81. The van der Waals surface area contributed by atoms with Crippen LogP contribution < -0.4 is 4.74 Å². The Balaban J connectivity index is 1.78. The molecule has 120 valence electrons. The van der Waals surface area contributed by atoms with Gasteiger partial charge in [-0.1, -0.05) is 29.6 Å². The molecule has 0 radical (unpaired) electrons. The highest BCUT2D eigenvalue weighted by Gasteiger charge is 2.54. The maximum atomic E-state index is 11.7. The zero-order chi connectivity index (χ0) is 15.9. The summed E-state index contributed by atoms with van der Waals surface area (Å²) in [5.74, 6) is 0.143. The normalized spacial score (nSPS) is 27.9. The molecule has 0 amide bonds. The number of likely N-dealkylation sites (tertiary alicyclic amines) is 1. The van der Waals surface area contributed by atoms with E-state index in [1.54, 1.807) is 13.2 Å². The van der Waals surface area contributed by atoms with Crippen molar-refractivity contribution >= 4 is 29.2 Å². The van der Waals surface area contributed by atoms with Gasteiger partial charge in [-0.25, -0.2) is 0 Å². The number of carboxylic acids is 1. The lowest BCUT2D eigenvalue weighted by molar-refractivity contribution is -0.149. The average Bonchev–Trinajstić information content (AvgIpc) is 3.00. The molecule has 1 aromatic carbocycles. The van der Waals surface area contributed by atoms with E-state index in [2.05, 4.69) is 4.90 Å². The lowest BCUT2D eigenvalue weighted by Gasteiger charge is -2.23. The predicted octanol–water partition coefficient (Wildman–Crippen LogP) is 3.69. The van der Waals surface area contributed by atoms with Crippen LogP contribution in [0.1, 0.15) is 24.8 Å². The Hall–Kier alpha value is -0.970. The molecule has 22 heavy (non-hydrogen) atoms. The van der Waals surface area contributed by atoms with Crippen LogP contribution in [0.3, 0.4) is 0 Å². The third-order valence-corrected chi connectivity index (χ3v) is 5.73. The minimum Gasteiger partial charge on any atom is -0.495 e. The maximum Gasteiger partial charge on any atom is 0.311 e. The van der Waals surface area contributed by atoms with Crippen LogP contribution in [-0.2, 0) is 11.3 Å². The van der Waals surface area contributed by atoms with Crippen LogP contribution in [0.5, 0.6) is 5.75 Å². The number of hydrogen-bond acceptors (Lipinski definition) is 3. The number of halogens is 2. The van der Waals surface area contributed by atoms with Crippen LogP contribution in [-0.4, -0.2) is 36.2 Å². The number of ether oxygens (including phenoxy) is 1. The molecular weight excluding hydrogens is 325 g/mol. The lowest BCUT2D eigenvalue weighted by Crippen LogP contribution is -2.35. The van der Waals surface area contributed by atoms with Crippen LogP contribution in [0.2, 0.25) is 10.0 Å². The minimum atomic E-state index is -0.656. The Morgan fingerprint density at radius 1 is 1.45 bits per heavy atom. The van der Waals surface area contributed by atoms with Crippen molar-refractivity contribution in [1.82, 2.24) is 4.90 Å². The van der Waals surface area contributed by atoms with Crippen LogP contribution >= 0.6 is 23.2 Å². The van der Waals surface area contributed by atoms with Crippen LogP contribution in [0.4, 0.5) is 0 Å². The molecule has 6 heteroatoms. The zero-order valence-electron chi connectivity index (χ0n) is 12.4. The van der Waals surface area contributed by atoms with Crippen molar-refractivity contribution in [2.45, 2.75) is 25.8 Å². The van der Waals surface area contributed by atoms with Crippen molar-refractivity contribution in [1.29, 1.82) is 0 Å². The van der Waals surface area contributed by atoms with Gasteiger partial charge in [0.05, 0.1) is 17.5 Å².